The van der Waals surface area contributed by atoms with Gasteiger partial charge >= 0.3 is 0 Å². The van der Waals surface area contributed by atoms with Gasteiger partial charge in [-0.05, 0) is 39.8 Å². The van der Waals surface area contributed by atoms with Crippen LogP contribution in [-0.4, -0.2) is 193 Å². The minimum atomic E-state index is -0.0932. The van der Waals surface area contributed by atoms with Crippen LogP contribution in [0.4, 0.5) is 0 Å². The van der Waals surface area contributed by atoms with Gasteiger partial charge in [0.25, 0.3) is 0 Å². The van der Waals surface area contributed by atoms with Gasteiger partial charge in [0.1, 0.15) is 0 Å². The first-order chi connectivity index (χ1) is 38.9. The molecular weight excluding hydrogens is 1010 g/mol. The van der Waals surface area contributed by atoms with Crippen molar-refractivity contribution >= 4 is 53.8 Å². The summed E-state index contributed by atoms with van der Waals surface area (Å²) >= 11 is 0. The summed E-state index contributed by atoms with van der Waals surface area (Å²) in [7, 11) is 0. The van der Waals surface area contributed by atoms with Gasteiger partial charge in [-0.3, -0.25) is 33.8 Å². The Bertz CT molecular complexity index is 2070. The zero-order valence-electron chi connectivity index (χ0n) is 47.5. The summed E-state index contributed by atoms with van der Waals surface area (Å²) in [6, 6.07) is 25.2. The molecule has 80 heavy (non-hydrogen) atoms. The molecule has 0 aliphatic carbocycles. The van der Waals surface area contributed by atoms with Crippen molar-refractivity contribution in [3.63, 3.8) is 0 Å². The third-order valence-corrected chi connectivity index (χ3v) is 13.0. The highest BCUT2D eigenvalue weighted by Crippen LogP contribution is 2.16. The van der Waals surface area contributed by atoms with E-state index in [9.17, 15) is 24.0 Å². The van der Waals surface area contributed by atoms with E-state index in [4.69, 9.17) is 34.4 Å². The Morgan fingerprint density at radius 2 is 0.550 bits per heavy atom. The van der Waals surface area contributed by atoms with E-state index >= 15 is 0 Å². The highest BCUT2D eigenvalue weighted by atomic mass is 16.2. The fourth-order valence-electron chi connectivity index (χ4n) is 8.29. The maximum absolute atomic E-state index is 12.6. The number of nitrogens with zero attached hydrogens (tertiary/aromatic N) is 4. The zero-order chi connectivity index (χ0) is 58.0. The molecule has 21 nitrogen and oxygen atoms in total. The molecule has 0 atom stereocenters. The van der Waals surface area contributed by atoms with E-state index in [1.54, 1.807) is 0 Å². The van der Waals surface area contributed by atoms with E-state index in [0.717, 1.165) is 52.0 Å². The molecule has 0 aliphatic heterocycles. The van der Waals surface area contributed by atoms with E-state index in [0.29, 0.717) is 170 Å². The van der Waals surface area contributed by atoms with Crippen molar-refractivity contribution in [2.75, 3.05) is 144 Å². The Kier molecular flexibility index (Phi) is 36.1. The maximum Gasteiger partial charge on any atom is 0.221 e. The number of amides is 5. The maximum atomic E-state index is 12.6. The van der Waals surface area contributed by atoms with Crippen LogP contribution in [0, 0.1) is 0 Å². The molecule has 442 valence electrons. The van der Waals surface area contributed by atoms with Crippen LogP contribution in [0.3, 0.4) is 0 Å². The van der Waals surface area contributed by atoms with E-state index < -0.39 is 0 Å². The second kappa shape index (κ2) is 42.5. The van der Waals surface area contributed by atoms with Crippen LogP contribution >= 0.6 is 0 Å². The number of nitrogens with one attached hydrogen (secondary N) is 6. The van der Waals surface area contributed by atoms with Gasteiger partial charge in [-0.1, -0.05) is 104 Å². The van der Waals surface area contributed by atoms with E-state index in [1.807, 2.05) is 0 Å². The van der Waals surface area contributed by atoms with Crippen molar-refractivity contribution in [3.05, 3.63) is 118 Å². The molecular formula is C59H96N16O5. The summed E-state index contributed by atoms with van der Waals surface area (Å²) in [6.07, 6.45) is 10.6. The lowest BCUT2D eigenvalue weighted by Gasteiger charge is -2.28. The van der Waals surface area contributed by atoms with Crippen molar-refractivity contribution in [2.45, 2.75) is 51.6 Å². The third-order valence-electron chi connectivity index (χ3n) is 13.0. The number of carbonyl (C=O) groups is 5. The van der Waals surface area contributed by atoms with E-state index in [1.165, 1.54) is 0 Å². The fourth-order valence-corrected chi connectivity index (χ4v) is 8.29. The second-order valence-corrected chi connectivity index (χ2v) is 19.6. The summed E-state index contributed by atoms with van der Waals surface area (Å²) in [5.41, 5.74) is 41.0. The summed E-state index contributed by atoms with van der Waals surface area (Å²) in [4.78, 5) is 71.5. The van der Waals surface area contributed by atoms with Crippen LogP contribution < -0.4 is 66.3 Å². The normalized spacial score (nSPS) is 11.5. The highest BCUT2D eigenvalue weighted by molar-refractivity contribution is 5.78. The van der Waals surface area contributed by atoms with Crippen molar-refractivity contribution in [3.8, 4) is 0 Å². The summed E-state index contributed by atoms with van der Waals surface area (Å²) in [5, 5.41) is 17.5. The SMILES string of the molecule is C=C(CCN(CCC(=O)NCCN)CCN(CCC(=O)NCCN)Cc1ccc(/C=C/c2ccc(/C=C/c3ccc(CN(CCC(=O)NCCN)CCN(CCC(=O)NCCN)CCC(=O)NCCN)cc3)cc2)cc1)NCCN. The molecule has 3 rings (SSSR count). The van der Waals surface area contributed by atoms with Gasteiger partial charge in [-0.15, -0.1) is 0 Å². The van der Waals surface area contributed by atoms with Crippen LogP contribution in [0.5, 0.6) is 0 Å². The Hall–Kier alpha value is -6.37. The summed E-state index contributed by atoms with van der Waals surface area (Å²) in [6.45, 7) is 16.5. The Morgan fingerprint density at radius 3 is 0.825 bits per heavy atom. The molecule has 0 saturated heterocycles. The number of nitrogens with two attached hydrogens (primary N) is 6. The minimum Gasteiger partial charge on any atom is -0.388 e. The molecule has 0 fully saturated rings. The molecule has 3 aromatic rings. The van der Waals surface area contributed by atoms with Crippen molar-refractivity contribution in [1.82, 2.24) is 51.5 Å². The quantitative estimate of drug-likeness (QED) is 0.0332. The number of rotatable bonds is 45. The molecule has 0 unspecified atom stereocenters. The standard InChI is InChI=1S/C59H96N16O5/c1-48(66-30-24-60)18-36-72(37-19-55(76)67-31-25-61)42-44-74(40-22-58(79)70-34-28-64)46-53-14-10-51(11-15-53)8-6-49-2-4-50(5-3-49)7-9-52-12-16-54(17-13-52)47-75(41-23-59(80)71-35-29-65)45-43-73(38-20-56(77)68-32-26-62)39-21-57(78)69-33-27-63/h2-17,66H,1,18-47,60-65H2,(H,67,76)(H,68,77)(H,69,78)(H,70,79)(H,71,80)/b8-6+,9-7+. The van der Waals surface area contributed by atoms with Gasteiger partial charge < -0.3 is 76.1 Å². The summed E-state index contributed by atoms with van der Waals surface area (Å²) < 4.78 is 0. The van der Waals surface area contributed by atoms with Crippen molar-refractivity contribution in [2.24, 2.45) is 34.4 Å². The first kappa shape index (κ1) is 67.9. The van der Waals surface area contributed by atoms with Crippen LogP contribution in [0.25, 0.3) is 24.3 Å². The predicted octanol–water partition coefficient (Wildman–Crippen LogP) is 0.0125. The van der Waals surface area contributed by atoms with E-state index in [2.05, 4.69) is 155 Å². The van der Waals surface area contributed by atoms with Gasteiger partial charge in [-0.25, -0.2) is 0 Å². The number of hydrogen-bond donors (Lipinski definition) is 12. The molecule has 0 radical (unpaired) electrons. The van der Waals surface area contributed by atoms with Crippen LogP contribution in [-0.2, 0) is 37.1 Å². The Labute approximate surface area is 476 Å². The largest absolute Gasteiger partial charge is 0.388 e. The lowest BCUT2D eigenvalue weighted by Crippen LogP contribution is -2.40. The van der Waals surface area contributed by atoms with Crippen LogP contribution in [0.2, 0.25) is 0 Å². The van der Waals surface area contributed by atoms with Gasteiger partial charge in [0.2, 0.25) is 29.5 Å². The molecule has 0 heterocycles. The fraction of sp³-hybridized carbons (Fsp3) is 0.508. The van der Waals surface area contributed by atoms with Gasteiger partial charge in [0.15, 0.2) is 0 Å². The molecule has 21 heteroatoms. The molecule has 0 spiro atoms. The third kappa shape index (κ3) is 32.0. The van der Waals surface area contributed by atoms with E-state index in [-0.39, 0.29) is 42.4 Å². The molecule has 0 aromatic heterocycles. The van der Waals surface area contributed by atoms with Gasteiger partial charge in [0.05, 0.1) is 0 Å². The minimum absolute atomic E-state index is 0.0343. The average molecular weight is 1110 g/mol. The molecule has 18 N–H and O–H groups in total. The molecule has 0 saturated carbocycles. The van der Waals surface area contributed by atoms with Crippen molar-refractivity contribution < 1.29 is 24.0 Å². The second-order valence-electron chi connectivity index (χ2n) is 19.6. The van der Waals surface area contributed by atoms with Crippen LogP contribution in [0.1, 0.15) is 71.9 Å². The van der Waals surface area contributed by atoms with Crippen LogP contribution in [0.15, 0.2) is 85.1 Å². The van der Waals surface area contributed by atoms with Gasteiger partial charge in [0, 0.05) is 195 Å². The molecule has 0 aliphatic rings. The first-order valence-electron chi connectivity index (χ1n) is 28.4. The Morgan fingerprint density at radius 1 is 0.325 bits per heavy atom. The molecule has 3 aromatic carbocycles. The predicted molar refractivity (Wildman–Crippen MR) is 325 cm³/mol. The molecule has 0 bridgehead atoms. The summed E-state index contributed by atoms with van der Waals surface area (Å²) in [5.74, 6) is -0.326. The lowest BCUT2D eigenvalue weighted by molar-refractivity contribution is -0.122. The number of carbonyl (C=O) groups excluding carboxylic acids is 5. The lowest BCUT2D eigenvalue weighted by atomic mass is 10.1. The number of hydrogen-bond acceptors (Lipinski definition) is 16. The number of benzene rings is 3. The average Bonchev–Trinajstić information content (AvgIpc) is 3.47. The topological polar surface area (TPSA) is 327 Å². The molecule has 5 amide bonds. The highest BCUT2D eigenvalue weighted by Gasteiger charge is 2.17. The van der Waals surface area contributed by atoms with Crippen molar-refractivity contribution in [1.29, 1.82) is 0 Å². The first-order valence-corrected chi connectivity index (χ1v) is 28.4. The zero-order valence-corrected chi connectivity index (χ0v) is 47.5. The Balaban J connectivity index is 1.64. The monoisotopic (exact) mass is 1110 g/mol. The van der Waals surface area contributed by atoms with Gasteiger partial charge in [-0.2, -0.15) is 0 Å². The smallest absolute Gasteiger partial charge is 0.221 e.